The van der Waals surface area contributed by atoms with Gasteiger partial charge in [0.25, 0.3) is 5.91 Å². The third-order valence-electron chi connectivity index (χ3n) is 2.59. The number of hydrogen-bond donors (Lipinski definition) is 3. The van der Waals surface area contributed by atoms with Crippen LogP contribution in [-0.4, -0.2) is 5.91 Å². The zero-order valence-electron chi connectivity index (χ0n) is 10.1. The smallest absolute Gasteiger partial charge is 0.250 e. The third kappa shape index (κ3) is 2.80. The lowest BCUT2D eigenvalue weighted by Gasteiger charge is -2.11. The first-order valence-electron chi connectivity index (χ1n) is 5.49. The minimum atomic E-state index is -0.854. The Balaban J connectivity index is 2.41. The van der Waals surface area contributed by atoms with Gasteiger partial charge in [0.05, 0.1) is 16.3 Å². The van der Waals surface area contributed by atoms with Gasteiger partial charge >= 0.3 is 0 Å². The van der Waals surface area contributed by atoms with E-state index < -0.39 is 17.5 Å². The Hall–Kier alpha value is -2.34. The van der Waals surface area contributed by atoms with Crippen molar-refractivity contribution in [3.63, 3.8) is 0 Å². The number of benzene rings is 2. The van der Waals surface area contributed by atoms with E-state index in [1.807, 2.05) is 0 Å². The highest BCUT2D eigenvalue weighted by atomic mass is 35.5. The Morgan fingerprint density at radius 2 is 1.90 bits per heavy atom. The first-order chi connectivity index (χ1) is 9.38. The van der Waals surface area contributed by atoms with Crippen LogP contribution >= 0.6 is 11.6 Å². The zero-order valence-corrected chi connectivity index (χ0v) is 10.8. The maximum atomic E-state index is 13.6. The molecule has 20 heavy (non-hydrogen) atoms. The lowest BCUT2D eigenvalue weighted by Crippen LogP contribution is -2.13. The molecule has 5 N–H and O–H groups in total. The highest BCUT2D eigenvalue weighted by Gasteiger charge is 2.12. The molecule has 0 aromatic heterocycles. The summed E-state index contributed by atoms with van der Waals surface area (Å²) in [6.45, 7) is 0. The lowest BCUT2D eigenvalue weighted by molar-refractivity contribution is 0.100. The molecule has 0 aliphatic carbocycles. The van der Waals surface area contributed by atoms with E-state index in [-0.39, 0.29) is 22.0 Å². The second-order valence-electron chi connectivity index (χ2n) is 4.04. The Morgan fingerprint density at radius 3 is 2.50 bits per heavy atom. The molecule has 0 bridgehead atoms. The Labute approximate surface area is 118 Å². The molecule has 7 heteroatoms. The summed E-state index contributed by atoms with van der Waals surface area (Å²) in [7, 11) is 0. The van der Waals surface area contributed by atoms with Gasteiger partial charge in [0.2, 0.25) is 0 Å². The van der Waals surface area contributed by atoms with Gasteiger partial charge in [0.15, 0.2) is 5.82 Å². The average molecular weight is 298 g/mol. The Kier molecular flexibility index (Phi) is 3.76. The quantitative estimate of drug-likeness (QED) is 0.762. The fourth-order valence-corrected chi connectivity index (χ4v) is 1.90. The van der Waals surface area contributed by atoms with Crippen molar-refractivity contribution in [3.8, 4) is 0 Å². The van der Waals surface area contributed by atoms with Crippen LogP contribution in [0.5, 0.6) is 0 Å². The van der Waals surface area contributed by atoms with Gasteiger partial charge in [-0.25, -0.2) is 8.78 Å². The highest BCUT2D eigenvalue weighted by molar-refractivity contribution is 6.33. The van der Waals surface area contributed by atoms with Crippen LogP contribution < -0.4 is 16.8 Å². The topological polar surface area (TPSA) is 81.1 Å². The van der Waals surface area contributed by atoms with E-state index in [0.717, 1.165) is 6.07 Å². The summed E-state index contributed by atoms with van der Waals surface area (Å²) in [4.78, 5) is 11.2. The SMILES string of the molecule is NC(=O)c1cc(Nc2c(F)cc(F)cc2Cl)ccc1N. The fourth-order valence-electron chi connectivity index (χ4n) is 1.65. The molecule has 2 rings (SSSR count). The lowest BCUT2D eigenvalue weighted by atomic mass is 10.1. The number of rotatable bonds is 3. The molecule has 0 unspecified atom stereocenters. The van der Waals surface area contributed by atoms with Gasteiger partial charge in [-0.2, -0.15) is 0 Å². The van der Waals surface area contributed by atoms with Crippen molar-refractivity contribution in [1.29, 1.82) is 0 Å². The Morgan fingerprint density at radius 1 is 1.20 bits per heavy atom. The molecule has 0 atom stereocenters. The first-order valence-corrected chi connectivity index (χ1v) is 5.87. The van der Waals surface area contributed by atoms with Gasteiger partial charge in [-0.05, 0) is 24.3 Å². The molecule has 0 aliphatic heterocycles. The van der Waals surface area contributed by atoms with Crippen LogP contribution in [0.2, 0.25) is 5.02 Å². The fraction of sp³-hybridized carbons (Fsp3) is 0. The normalized spacial score (nSPS) is 10.3. The van der Waals surface area contributed by atoms with Crippen molar-refractivity contribution in [1.82, 2.24) is 0 Å². The number of nitrogens with one attached hydrogen (secondary N) is 1. The number of nitrogen functional groups attached to an aromatic ring is 1. The largest absolute Gasteiger partial charge is 0.398 e. The first kappa shape index (κ1) is 14.1. The van der Waals surface area contributed by atoms with E-state index in [1.54, 1.807) is 0 Å². The minimum absolute atomic E-state index is 0.0913. The number of nitrogens with two attached hydrogens (primary N) is 2. The van der Waals surface area contributed by atoms with Gasteiger partial charge in [-0.3, -0.25) is 4.79 Å². The van der Waals surface area contributed by atoms with E-state index in [2.05, 4.69) is 5.32 Å². The molecule has 0 fully saturated rings. The van der Waals surface area contributed by atoms with Crippen LogP contribution in [-0.2, 0) is 0 Å². The third-order valence-corrected chi connectivity index (χ3v) is 2.89. The summed E-state index contributed by atoms with van der Waals surface area (Å²) in [5.74, 6) is -2.35. The minimum Gasteiger partial charge on any atom is -0.398 e. The van der Waals surface area contributed by atoms with Gasteiger partial charge < -0.3 is 16.8 Å². The van der Waals surface area contributed by atoms with Gasteiger partial charge in [-0.1, -0.05) is 11.6 Å². The van der Waals surface area contributed by atoms with E-state index in [9.17, 15) is 13.6 Å². The second kappa shape index (κ2) is 5.34. The van der Waals surface area contributed by atoms with Gasteiger partial charge in [0.1, 0.15) is 5.82 Å². The number of primary amides is 1. The molecule has 1 amide bonds. The predicted octanol–water partition coefficient (Wildman–Crippen LogP) is 3.04. The second-order valence-corrected chi connectivity index (χ2v) is 4.44. The molecule has 0 spiro atoms. The molecule has 0 saturated heterocycles. The van der Waals surface area contributed by atoms with Crippen molar-refractivity contribution >= 4 is 34.6 Å². The Bertz CT molecular complexity index is 668. The summed E-state index contributed by atoms with van der Waals surface area (Å²) in [5, 5.41) is 2.53. The van der Waals surface area contributed by atoms with Gasteiger partial charge in [-0.15, -0.1) is 0 Å². The average Bonchev–Trinajstić information content (AvgIpc) is 2.35. The molecule has 0 heterocycles. The molecule has 4 nitrogen and oxygen atoms in total. The van der Waals surface area contributed by atoms with Crippen LogP contribution in [0.1, 0.15) is 10.4 Å². The van der Waals surface area contributed by atoms with Crippen molar-refractivity contribution in [2.75, 3.05) is 11.1 Å². The monoisotopic (exact) mass is 297 g/mol. The van der Waals surface area contributed by atoms with Crippen LogP contribution in [0.25, 0.3) is 0 Å². The summed E-state index contributed by atoms with van der Waals surface area (Å²) in [5.41, 5.74) is 11.3. The molecule has 2 aromatic rings. The molecular weight excluding hydrogens is 288 g/mol. The number of anilines is 3. The highest BCUT2D eigenvalue weighted by Crippen LogP contribution is 2.30. The summed E-state index contributed by atoms with van der Waals surface area (Å²) >= 11 is 5.76. The number of halogens is 3. The number of carbonyl (C=O) groups is 1. The van der Waals surface area contributed by atoms with Crippen LogP contribution in [0.4, 0.5) is 25.8 Å². The molecule has 0 radical (unpaired) electrons. The summed E-state index contributed by atoms with van der Waals surface area (Å²) < 4.78 is 26.6. The predicted molar refractivity (Wildman–Crippen MR) is 74.0 cm³/mol. The number of carbonyl (C=O) groups excluding carboxylic acids is 1. The maximum Gasteiger partial charge on any atom is 0.250 e. The van der Waals surface area contributed by atoms with E-state index in [0.29, 0.717) is 11.8 Å². The van der Waals surface area contributed by atoms with Crippen molar-refractivity contribution in [2.45, 2.75) is 0 Å². The number of hydrogen-bond acceptors (Lipinski definition) is 3. The zero-order chi connectivity index (χ0) is 14.9. The molecule has 2 aromatic carbocycles. The molecule has 0 saturated carbocycles. The maximum absolute atomic E-state index is 13.6. The standard InChI is InChI=1S/C13H10ClF2N3O/c14-9-3-6(15)4-10(16)12(9)19-7-1-2-11(17)8(5-7)13(18)20/h1-5,19H,17H2,(H2,18,20). The van der Waals surface area contributed by atoms with Crippen molar-refractivity contribution < 1.29 is 13.6 Å². The summed E-state index contributed by atoms with van der Waals surface area (Å²) in [6.07, 6.45) is 0. The van der Waals surface area contributed by atoms with Crippen LogP contribution in [0.3, 0.4) is 0 Å². The molecular formula is C13H10ClF2N3O. The summed E-state index contributed by atoms with van der Waals surface area (Å²) in [6, 6.07) is 5.98. The van der Waals surface area contributed by atoms with Gasteiger partial charge in [0, 0.05) is 17.4 Å². The molecule has 0 aliphatic rings. The van der Waals surface area contributed by atoms with E-state index in [4.69, 9.17) is 23.1 Å². The van der Waals surface area contributed by atoms with E-state index >= 15 is 0 Å². The van der Waals surface area contributed by atoms with Crippen molar-refractivity contribution in [2.24, 2.45) is 5.73 Å². The van der Waals surface area contributed by atoms with Crippen LogP contribution in [0.15, 0.2) is 30.3 Å². The van der Waals surface area contributed by atoms with Crippen molar-refractivity contribution in [3.05, 3.63) is 52.6 Å². The van der Waals surface area contributed by atoms with E-state index in [1.165, 1.54) is 18.2 Å². The number of amides is 1. The molecule has 104 valence electrons. The van der Waals surface area contributed by atoms with Crippen LogP contribution in [0, 0.1) is 11.6 Å².